The van der Waals surface area contributed by atoms with Crippen LogP contribution in [0.25, 0.3) is 0 Å². The zero-order chi connectivity index (χ0) is 18.6. The Morgan fingerprint density at radius 3 is 2.28 bits per heavy atom. The minimum atomic E-state index is -0.966. The molecule has 1 unspecified atom stereocenters. The van der Waals surface area contributed by atoms with Crippen LogP contribution in [-0.4, -0.2) is 82.9 Å². The van der Waals surface area contributed by atoms with Gasteiger partial charge in [-0.05, 0) is 24.7 Å². The Bertz CT molecular complexity index is 507. The zero-order valence-corrected chi connectivity index (χ0v) is 15.7. The van der Waals surface area contributed by atoms with Gasteiger partial charge in [0.1, 0.15) is 6.54 Å². The van der Waals surface area contributed by atoms with E-state index in [4.69, 9.17) is 5.11 Å². The van der Waals surface area contributed by atoms with E-state index in [1.165, 1.54) is 4.90 Å². The Morgan fingerprint density at radius 1 is 1.08 bits per heavy atom. The quantitative estimate of drug-likeness (QED) is 0.816. The highest BCUT2D eigenvalue weighted by Gasteiger charge is 2.35. The molecule has 0 aromatic carbocycles. The lowest BCUT2D eigenvalue weighted by Crippen LogP contribution is -2.56. The smallest absolute Gasteiger partial charge is 0.323 e. The molecule has 1 atom stereocenters. The Hall–Kier alpha value is -1.63. The number of carbonyl (C=O) groups is 3. The maximum atomic E-state index is 12.7. The minimum Gasteiger partial charge on any atom is -0.480 e. The summed E-state index contributed by atoms with van der Waals surface area (Å²) in [6, 6.07) is -0.248. The van der Waals surface area contributed by atoms with Gasteiger partial charge in [0.05, 0.1) is 6.04 Å². The summed E-state index contributed by atoms with van der Waals surface area (Å²) in [6.07, 6.45) is 3.07. The van der Waals surface area contributed by atoms with Crippen LogP contribution >= 0.6 is 0 Å². The molecule has 2 saturated heterocycles. The molecule has 0 aliphatic carbocycles. The molecule has 2 heterocycles. The van der Waals surface area contributed by atoms with E-state index in [1.54, 1.807) is 0 Å². The lowest BCUT2D eigenvalue weighted by Gasteiger charge is -2.40. The molecule has 2 aliphatic heterocycles. The average molecular weight is 353 g/mol. The van der Waals surface area contributed by atoms with Gasteiger partial charge in [-0.15, -0.1) is 0 Å². The molecule has 2 rings (SSSR count). The van der Waals surface area contributed by atoms with Crippen molar-refractivity contribution in [1.82, 2.24) is 14.7 Å². The van der Waals surface area contributed by atoms with E-state index in [0.717, 1.165) is 19.3 Å². The number of hydrogen-bond donors (Lipinski definition) is 1. The molecular formula is C18H31N3O4. The number of carbonyl (C=O) groups excluding carboxylic acids is 2. The van der Waals surface area contributed by atoms with Gasteiger partial charge in [-0.3, -0.25) is 19.3 Å². The van der Waals surface area contributed by atoms with Gasteiger partial charge in [0.25, 0.3) is 0 Å². The summed E-state index contributed by atoms with van der Waals surface area (Å²) < 4.78 is 0. The molecule has 7 nitrogen and oxygen atoms in total. The Balaban J connectivity index is 1.93. The summed E-state index contributed by atoms with van der Waals surface area (Å²) in [5, 5.41) is 9.01. The van der Waals surface area contributed by atoms with Gasteiger partial charge in [0.2, 0.25) is 11.8 Å². The van der Waals surface area contributed by atoms with Gasteiger partial charge >= 0.3 is 5.97 Å². The Morgan fingerprint density at radius 2 is 1.72 bits per heavy atom. The Labute approximate surface area is 149 Å². The molecule has 2 fully saturated rings. The maximum absolute atomic E-state index is 12.7. The molecule has 142 valence electrons. The molecule has 0 aromatic heterocycles. The number of piperazine rings is 1. The zero-order valence-electron chi connectivity index (χ0n) is 15.7. The lowest BCUT2D eigenvalue weighted by atomic mass is 9.91. The number of hydrogen-bond acceptors (Lipinski definition) is 4. The van der Waals surface area contributed by atoms with Crippen molar-refractivity contribution < 1.29 is 19.5 Å². The predicted molar refractivity (Wildman–Crippen MR) is 94.1 cm³/mol. The lowest BCUT2D eigenvalue weighted by molar-refractivity contribution is -0.147. The summed E-state index contributed by atoms with van der Waals surface area (Å²) in [5.41, 5.74) is -0.0250. The first-order chi connectivity index (χ1) is 11.7. The summed E-state index contributed by atoms with van der Waals surface area (Å²) in [7, 11) is 0. The van der Waals surface area contributed by atoms with Gasteiger partial charge in [0, 0.05) is 39.1 Å². The molecule has 0 spiro atoms. The number of aliphatic carboxylic acids is 1. The summed E-state index contributed by atoms with van der Waals surface area (Å²) in [6.45, 7) is 9.09. The number of rotatable bonds is 4. The highest BCUT2D eigenvalue weighted by molar-refractivity contribution is 5.85. The summed E-state index contributed by atoms with van der Waals surface area (Å²) in [4.78, 5) is 41.6. The number of carboxylic acids is 1. The minimum absolute atomic E-state index is 0.0250. The Kier molecular flexibility index (Phi) is 6.43. The first-order valence-corrected chi connectivity index (χ1v) is 9.20. The van der Waals surface area contributed by atoms with Crippen LogP contribution < -0.4 is 0 Å². The highest BCUT2D eigenvalue weighted by atomic mass is 16.4. The second kappa shape index (κ2) is 8.17. The van der Waals surface area contributed by atoms with Gasteiger partial charge in [0.15, 0.2) is 0 Å². The normalized spacial score (nSPS) is 23.5. The van der Waals surface area contributed by atoms with Crippen LogP contribution in [0, 0.1) is 5.41 Å². The van der Waals surface area contributed by atoms with Crippen LogP contribution in [-0.2, 0) is 14.4 Å². The summed E-state index contributed by atoms with van der Waals surface area (Å²) in [5.74, 6) is -0.868. The van der Waals surface area contributed by atoms with Gasteiger partial charge in [-0.25, -0.2) is 0 Å². The first kappa shape index (κ1) is 19.7. The third-order valence-electron chi connectivity index (χ3n) is 4.87. The molecule has 0 aromatic rings. The fraction of sp³-hybridized carbons (Fsp3) is 0.833. The van der Waals surface area contributed by atoms with E-state index in [1.807, 2.05) is 4.90 Å². The molecule has 0 bridgehead atoms. The second-order valence-electron chi connectivity index (χ2n) is 8.32. The van der Waals surface area contributed by atoms with Crippen LogP contribution in [0.4, 0.5) is 0 Å². The molecule has 2 aliphatic rings. The van der Waals surface area contributed by atoms with Crippen LogP contribution in [0.2, 0.25) is 0 Å². The standard InChI is InChI=1S/C18H31N3O4/c1-18(2,3)12-15(22)20-10-8-19(9-11-20)14-6-4-5-7-21(17(14)25)13-16(23)24/h14H,4-13H2,1-3H3,(H,23,24). The van der Waals surface area contributed by atoms with E-state index in [-0.39, 0.29) is 29.8 Å². The number of nitrogens with zero attached hydrogens (tertiary/aromatic N) is 3. The fourth-order valence-electron chi connectivity index (χ4n) is 3.59. The van der Waals surface area contributed by atoms with Crippen molar-refractivity contribution in [2.24, 2.45) is 5.41 Å². The fourth-order valence-corrected chi connectivity index (χ4v) is 3.59. The largest absolute Gasteiger partial charge is 0.480 e. The van der Waals surface area contributed by atoms with E-state index in [2.05, 4.69) is 25.7 Å². The van der Waals surface area contributed by atoms with Gasteiger partial charge < -0.3 is 14.9 Å². The van der Waals surface area contributed by atoms with E-state index in [9.17, 15) is 14.4 Å². The number of amides is 2. The monoisotopic (exact) mass is 353 g/mol. The molecule has 0 saturated carbocycles. The van der Waals surface area contributed by atoms with Gasteiger partial charge in [-0.1, -0.05) is 20.8 Å². The van der Waals surface area contributed by atoms with Crippen molar-refractivity contribution in [2.45, 2.75) is 52.5 Å². The van der Waals surface area contributed by atoms with E-state index >= 15 is 0 Å². The van der Waals surface area contributed by atoms with Crippen LogP contribution in [0.15, 0.2) is 0 Å². The van der Waals surface area contributed by atoms with Crippen LogP contribution in [0.5, 0.6) is 0 Å². The van der Waals surface area contributed by atoms with Crippen molar-refractivity contribution in [3.05, 3.63) is 0 Å². The van der Waals surface area contributed by atoms with Crippen molar-refractivity contribution >= 4 is 17.8 Å². The van der Waals surface area contributed by atoms with Crippen LogP contribution in [0.1, 0.15) is 46.5 Å². The SMILES string of the molecule is CC(C)(C)CC(=O)N1CCN(C2CCCCN(CC(=O)O)C2=O)CC1. The third kappa shape index (κ3) is 5.70. The predicted octanol–water partition coefficient (Wildman–Crippen LogP) is 1.03. The molecule has 25 heavy (non-hydrogen) atoms. The first-order valence-electron chi connectivity index (χ1n) is 9.20. The molecular weight excluding hydrogens is 322 g/mol. The maximum Gasteiger partial charge on any atom is 0.323 e. The average Bonchev–Trinajstić information content (AvgIpc) is 2.68. The van der Waals surface area contributed by atoms with Crippen molar-refractivity contribution in [3.63, 3.8) is 0 Å². The molecule has 1 N–H and O–H groups in total. The number of carboxylic acid groups (broad SMARTS) is 1. The van der Waals surface area contributed by atoms with E-state index in [0.29, 0.717) is 39.1 Å². The third-order valence-corrected chi connectivity index (χ3v) is 4.87. The highest BCUT2D eigenvalue weighted by Crippen LogP contribution is 2.22. The number of likely N-dealkylation sites (tertiary alicyclic amines) is 1. The van der Waals surface area contributed by atoms with E-state index < -0.39 is 5.97 Å². The van der Waals surface area contributed by atoms with Crippen LogP contribution in [0.3, 0.4) is 0 Å². The molecule has 7 heteroatoms. The molecule has 2 amide bonds. The van der Waals surface area contributed by atoms with Crippen molar-refractivity contribution in [3.8, 4) is 0 Å². The topological polar surface area (TPSA) is 81.2 Å². The second-order valence-corrected chi connectivity index (χ2v) is 8.32. The van der Waals surface area contributed by atoms with Gasteiger partial charge in [-0.2, -0.15) is 0 Å². The summed E-state index contributed by atoms with van der Waals surface area (Å²) >= 11 is 0. The van der Waals surface area contributed by atoms with Crippen molar-refractivity contribution in [1.29, 1.82) is 0 Å². The van der Waals surface area contributed by atoms with Crippen molar-refractivity contribution in [2.75, 3.05) is 39.3 Å². The molecule has 0 radical (unpaired) electrons.